The number of benzene rings is 2. The summed E-state index contributed by atoms with van der Waals surface area (Å²) < 4.78 is 82.1. The van der Waals surface area contributed by atoms with Crippen LogP contribution < -0.4 is 10.0 Å². The van der Waals surface area contributed by atoms with E-state index in [1.165, 1.54) is 31.4 Å². The van der Waals surface area contributed by atoms with Crippen molar-refractivity contribution < 1.29 is 30.8 Å². The number of rotatable bonds is 10. The summed E-state index contributed by atoms with van der Waals surface area (Å²) in [6, 6.07) is 6.69. The summed E-state index contributed by atoms with van der Waals surface area (Å²) >= 11 is 0. The van der Waals surface area contributed by atoms with Crippen LogP contribution in [0.25, 0.3) is 0 Å². The molecule has 1 fully saturated rings. The molecular formula is C31H35F4N5O3S. The van der Waals surface area contributed by atoms with E-state index in [2.05, 4.69) is 19.9 Å². The second-order valence-electron chi connectivity index (χ2n) is 11.3. The quantitative estimate of drug-likeness (QED) is 0.295. The van der Waals surface area contributed by atoms with Gasteiger partial charge in [-0.1, -0.05) is 24.6 Å². The molecule has 0 saturated carbocycles. The second kappa shape index (κ2) is 13.7. The van der Waals surface area contributed by atoms with Crippen LogP contribution in [0, 0.1) is 5.82 Å². The summed E-state index contributed by atoms with van der Waals surface area (Å²) in [6.45, 7) is 3.09. The number of aryl methyl sites for hydroxylation is 1. The van der Waals surface area contributed by atoms with Crippen LogP contribution in [0.2, 0.25) is 0 Å². The van der Waals surface area contributed by atoms with Crippen LogP contribution in [-0.4, -0.2) is 48.8 Å². The molecule has 0 bridgehead atoms. The number of aromatic nitrogens is 2. The Bertz CT molecular complexity index is 1560. The summed E-state index contributed by atoms with van der Waals surface area (Å²) in [5.41, 5.74) is 0.854. The zero-order valence-corrected chi connectivity index (χ0v) is 24.9. The first-order valence-electron chi connectivity index (χ1n) is 14.8. The van der Waals surface area contributed by atoms with E-state index in [0.717, 1.165) is 86.3 Å². The van der Waals surface area contributed by atoms with Crippen LogP contribution in [0.5, 0.6) is 0 Å². The molecule has 236 valence electrons. The topological polar surface area (TPSA) is 104 Å². The molecule has 1 saturated heterocycles. The maximum absolute atomic E-state index is 13.7. The Hall–Kier alpha value is -3.42. The number of nitrogens with one attached hydrogen (secondary N) is 2. The number of hydrogen-bond donors (Lipinski definition) is 2. The molecule has 2 heterocycles. The molecule has 1 aromatic heterocycles. The van der Waals surface area contributed by atoms with Crippen molar-refractivity contribution in [1.29, 1.82) is 0 Å². The fraction of sp³-hybridized carbons (Fsp3) is 0.452. The van der Waals surface area contributed by atoms with Crippen molar-refractivity contribution in [3.63, 3.8) is 0 Å². The molecular weight excluding hydrogens is 598 g/mol. The van der Waals surface area contributed by atoms with Crippen molar-refractivity contribution in [2.75, 3.05) is 19.6 Å². The molecule has 1 aliphatic carbocycles. The van der Waals surface area contributed by atoms with Crippen molar-refractivity contribution in [2.24, 2.45) is 0 Å². The predicted octanol–water partition coefficient (Wildman–Crippen LogP) is 5.27. The minimum absolute atomic E-state index is 0.280. The summed E-state index contributed by atoms with van der Waals surface area (Å²) in [5, 5.41) is 2.96. The third kappa shape index (κ3) is 8.19. The minimum atomic E-state index is -4.74. The first kappa shape index (κ1) is 32.0. The van der Waals surface area contributed by atoms with Crippen LogP contribution in [0.15, 0.2) is 59.6 Å². The Morgan fingerprint density at radius 2 is 1.80 bits per heavy atom. The Balaban J connectivity index is 1.29. The van der Waals surface area contributed by atoms with Crippen LogP contribution in [-0.2, 0) is 33.8 Å². The zero-order chi connectivity index (χ0) is 31.3. The van der Waals surface area contributed by atoms with Crippen molar-refractivity contribution in [1.82, 2.24) is 24.9 Å². The van der Waals surface area contributed by atoms with Crippen LogP contribution in [0.1, 0.15) is 78.8 Å². The standard InChI is InChI=1S/C31H35F4N5O3S/c32-23-12-10-21(11-13-23)28(39-44(42,43)24-7-4-6-22(18-24)31(33,34)35)19-30(41)38-27-9-5-8-26-25(27)20-36-29(37-26)14-17-40-15-2-1-3-16-40/h4,6-7,10-13,18,20,27-28,39H,1-3,5,8-9,14-17,19H2,(H,38,41). The first-order valence-corrected chi connectivity index (χ1v) is 16.3. The largest absolute Gasteiger partial charge is 0.416 e. The molecule has 0 radical (unpaired) electrons. The maximum Gasteiger partial charge on any atom is 0.416 e. The normalized spacial score (nSPS) is 18.4. The van der Waals surface area contributed by atoms with Gasteiger partial charge in [-0.25, -0.2) is 27.5 Å². The van der Waals surface area contributed by atoms with Gasteiger partial charge < -0.3 is 10.2 Å². The molecule has 8 nitrogen and oxygen atoms in total. The van der Waals surface area contributed by atoms with Gasteiger partial charge in [0.25, 0.3) is 0 Å². The smallest absolute Gasteiger partial charge is 0.349 e. The fourth-order valence-corrected chi connectivity index (χ4v) is 7.03. The number of nitrogens with zero attached hydrogens (tertiary/aromatic N) is 3. The van der Waals surface area contributed by atoms with Crippen molar-refractivity contribution in [2.45, 2.75) is 74.5 Å². The maximum atomic E-state index is 13.7. The van der Waals surface area contributed by atoms with E-state index in [-0.39, 0.29) is 18.0 Å². The summed E-state index contributed by atoms with van der Waals surface area (Å²) in [7, 11) is -4.49. The summed E-state index contributed by atoms with van der Waals surface area (Å²) in [4.78, 5) is 24.5. The van der Waals surface area contributed by atoms with Gasteiger partial charge in [-0.15, -0.1) is 0 Å². The zero-order valence-electron chi connectivity index (χ0n) is 24.1. The number of halogens is 4. The van der Waals surface area contributed by atoms with Crippen LogP contribution in [0.3, 0.4) is 0 Å². The predicted molar refractivity (Wildman–Crippen MR) is 155 cm³/mol. The Morgan fingerprint density at radius 3 is 2.52 bits per heavy atom. The third-order valence-corrected chi connectivity index (χ3v) is 9.57. The average molecular weight is 634 g/mol. The molecule has 2 aliphatic rings. The Morgan fingerprint density at radius 1 is 1.05 bits per heavy atom. The van der Waals surface area contributed by atoms with Crippen molar-refractivity contribution >= 4 is 15.9 Å². The highest BCUT2D eigenvalue weighted by molar-refractivity contribution is 7.89. The molecule has 2 unspecified atom stereocenters. The molecule has 13 heteroatoms. The Kier molecular flexibility index (Phi) is 9.96. The number of carbonyl (C=O) groups is 1. The molecule has 5 rings (SSSR count). The number of hydrogen-bond acceptors (Lipinski definition) is 6. The van der Waals surface area contributed by atoms with E-state index >= 15 is 0 Å². The second-order valence-corrected chi connectivity index (χ2v) is 13.0. The molecule has 0 spiro atoms. The highest BCUT2D eigenvalue weighted by Gasteiger charge is 2.33. The molecule has 2 aromatic carbocycles. The first-order chi connectivity index (χ1) is 21.0. The summed E-state index contributed by atoms with van der Waals surface area (Å²) in [6.07, 6.45) is 3.28. The van der Waals surface area contributed by atoms with Gasteiger partial charge in [0.15, 0.2) is 0 Å². The Labute approximate surface area is 254 Å². The monoisotopic (exact) mass is 633 g/mol. The molecule has 44 heavy (non-hydrogen) atoms. The van der Waals surface area contributed by atoms with Gasteiger partial charge in [-0.05, 0) is 81.1 Å². The molecule has 1 aliphatic heterocycles. The average Bonchev–Trinajstić information content (AvgIpc) is 3.00. The van der Waals surface area contributed by atoms with Gasteiger partial charge in [0.05, 0.1) is 22.5 Å². The number of likely N-dealkylation sites (tertiary alicyclic amines) is 1. The lowest BCUT2D eigenvalue weighted by Crippen LogP contribution is -2.36. The van der Waals surface area contributed by atoms with Gasteiger partial charge in [0, 0.05) is 36.8 Å². The van der Waals surface area contributed by atoms with Gasteiger partial charge in [0.1, 0.15) is 11.6 Å². The molecule has 2 N–H and O–H groups in total. The highest BCUT2D eigenvalue weighted by atomic mass is 32.2. The molecule has 3 aromatic rings. The van der Waals surface area contributed by atoms with E-state index in [1.807, 2.05) is 0 Å². The number of sulfonamides is 1. The lowest BCUT2D eigenvalue weighted by molar-refractivity contribution is -0.137. The number of amides is 1. The highest BCUT2D eigenvalue weighted by Crippen LogP contribution is 2.32. The van der Waals surface area contributed by atoms with Gasteiger partial charge in [0.2, 0.25) is 15.9 Å². The van der Waals surface area contributed by atoms with Crippen molar-refractivity contribution in [3.05, 3.63) is 88.8 Å². The van der Waals surface area contributed by atoms with E-state index in [1.54, 1.807) is 6.20 Å². The number of carbonyl (C=O) groups excluding carboxylic acids is 1. The van der Waals surface area contributed by atoms with E-state index in [4.69, 9.17) is 4.98 Å². The number of piperidine rings is 1. The fourth-order valence-electron chi connectivity index (χ4n) is 5.76. The van der Waals surface area contributed by atoms with E-state index in [9.17, 15) is 30.8 Å². The summed E-state index contributed by atoms with van der Waals surface area (Å²) in [5.74, 6) is -0.286. The molecule has 1 amide bonds. The van der Waals surface area contributed by atoms with E-state index in [0.29, 0.717) is 12.5 Å². The number of alkyl halides is 3. The van der Waals surface area contributed by atoms with E-state index < -0.39 is 44.4 Å². The lowest BCUT2D eigenvalue weighted by atomic mass is 9.92. The lowest BCUT2D eigenvalue weighted by Gasteiger charge is -2.28. The van der Waals surface area contributed by atoms with Crippen LogP contribution >= 0.6 is 0 Å². The minimum Gasteiger partial charge on any atom is -0.349 e. The number of fused-ring (bicyclic) bond motifs is 1. The van der Waals surface area contributed by atoms with Crippen LogP contribution in [0.4, 0.5) is 17.6 Å². The van der Waals surface area contributed by atoms with Crippen molar-refractivity contribution in [3.8, 4) is 0 Å². The SMILES string of the molecule is O=C(CC(NS(=O)(=O)c1cccc(C(F)(F)F)c1)c1ccc(F)cc1)NC1CCCc2nc(CCN3CCCCC3)ncc21. The van der Waals surface area contributed by atoms with Gasteiger partial charge in [-0.3, -0.25) is 4.79 Å². The molecule has 2 atom stereocenters. The third-order valence-electron chi connectivity index (χ3n) is 8.10. The van der Waals surface area contributed by atoms with Gasteiger partial charge in [-0.2, -0.15) is 13.2 Å². The van der Waals surface area contributed by atoms with Gasteiger partial charge >= 0.3 is 6.18 Å².